The van der Waals surface area contributed by atoms with Gasteiger partial charge >= 0.3 is 0 Å². The van der Waals surface area contributed by atoms with Crippen LogP contribution in [-0.4, -0.2) is 23.3 Å². The normalized spacial score (nSPS) is 11.6. The number of rotatable bonds is 3. The maximum atomic E-state index is 5.29. The van der Waals surface area contributed by atoms with Crippen molar-refractivity contribution in [1.29, 1.82) is 0 Å². The Morgan fingerprint density at radius 3 is 1.96 bits per heavy atom. The lowest BCUT2D eigenvalue weighted by Gasteiger charge is -2.21. The third-order valence-electron chi connectivity index (χ3n) is 3.84. The molecule has 0 aromatic heterocycles. The molecule has 0 heterocycles. The maximum Gasteiger partial charge on any atom is 0.129 e. The first kappa shape index (κ1) is 18.6. The van der Waals surface area contributed by atoms with Gasteiger partial charge in [-0.2, -0.15) is 0 Å². The highest BCUT2D eigenvalue weighted by Crippen LogP contribution is 2.26. The van der Waals surface area contributed by atoms with Crippen LogP contribution in [0.1, 0.15) is 5.56 Å². The molecule has 0 aliphatic heterocycles. The molecule has 0 saturated heterocycles. The van der Waals surface area contributed by atoms with Crippen LogP contribution in [0.5, 0.6) is 5.75 Å². The molecule has 0 amide bonds. The van der Waals surface area contributed by atoms with Gasteiger partial charge in [-0.05, 0) is 28.4 Å². The highest BCUT2D eigenvalue weighted by atomic mass is 28.3. The first-order valence-electron chi connectivity index (χ1n) is 8.43. The summed E-state index contributed by atoms with van der Waals surface area (Å²) >= 11 is 0. The van der Waals surface area contributed by atoms with E-state index >= 15 is 0 Å². The van der Waals surface area contributed by atoms with Crippen LogP contribution in [-0.2, 0) is 0 Å². The van der Waals surface area contributed by atoms with E-state index in [2.05, 4.69) is 81.1 Å². The molecule has 0 unspecified atom stereocenters. The second kappa shape index (κ2) is 7.00. The zero-order valence-corrected chi connectivity index (χ0v) is 17.9. The first-order chi connectivity index (χ1) is 11.1. The molecule has 2 aromatic carbocycles. The molecule has 0 saturated carbocycles. The quantitative estimate of drug-likeness (QED) is 0.549. The Morgan fingerprint density at radius 2 is 1.46 bits per heavy atom. The van der Waals surface area contributed by atoms with E-state index in [0.717, 1.165) is 5.75 Å². The largest absolute Gasteiger partial charge is 0.497 e. The van der Waals surface area contributed by atoms with Crippen LogP contribution in [0.15, 0.2) is 42.5 Å². The fourth-order valence-electron chi connectivity index (χ4n) is 2.57. The molecule has 0 aliphatic rings. The predicted octanol–water partition coefficient (Wildman–Crippen LogP) is 5.14. The molecular formula is C21H28OSi2. The van der Waals surface area contributed by atoms with E-state index in [0.29, 0.717) is 0 Å². The average Bonchev–Trinajstić information content (AvgIpc) is 2.51. The molecule has 126 valence electrons. The Hall–Kier alpha value is -1.77. The molecule has 3 heteroatoms. The van der Waals surface area contributed by atoms with Gasteiger partial charge in [0, 0.05) is 5.56 Å². The van der Waals surface area contributed by atoms with Crippen LogP contribution in [0.25, 0.3) is 11.1 Å². The summed E-state index contributed by atoms with van der Waals surface area (Å²) in [5, 5.41) is 1.45. The molecule has 1 nitrogen and oxygen atoms in total. The highest BCUT2D eigenvalue weighted by molar-refractivity contribution is 6.89. The Labute approximate surface area is 149 Å². The lowest BCUT2D eigenvalue weighted by molar-refractivity contribution is 0.415. The van der Waals surface area contributed by atoms with Crippen LogP contribution in [0.2, 0.25) is 39.3 Å². The maximum absolute atomic E-state index is 5.29. The van der Waals surface area contributed by atoms with Crippen molar-refractivity contribution in [3.8, 4) is 28.3 Å². The average molecular weight is 353 g/mol. The minimum absolute atomic E-state index is 0.884. The Morgan fingerprint density at radius 1 is 0.833 bits per heavy atom. The summed E-state index contributed by atoms with van der Waals surface area (Å²) in [6, 6.07) is 14.9. The summed E-state index contributed by atoms with van der Waals surface area (Å²) in [5.74, 6) is 4.45. The highest BCUT2D eigenvalue weighted by Gasteiger charge is 2.22. The van der Waals surface area contributed by atoms with Gasteiger partial charge in [-0.25, -0.2) is 0 Å². The fraction of sp³-hybridized carbons (Fsp3) is 0.333. The molecule has 0 fully saturated rings. The molecule has 0 aliphatic carbocycles. The summed E-state index contributed by atoms with van der Waals surface area (Å²) in [6.07, 6.45) is 0. The summed E-state index contributed by atoms with van der Waals surface area (Å²) in [7, 11) is -1.19. The third-order valence-corrected chi connectivity index (χ3v) is 6.74. The third kappa shape index (κ3) is 4.62. The van der Waals surface area contributed by atoms with Crippen molar-refractivity contribution in [1.82, 2.24) is 0 Å². The SMILES string of the molecule is COc1ccc(-c2cccc([Si](C)(C)C)c2C#C[Si](C)(C)C)cc1. The van der Waals surface area contributed by atoms with Crippen molar-refractivity contribution < 1.29 is 4.74 Å². The summed E-state index contributed by atoms with van der Waals surface area (Å²) in [6.45, 7) is 14.1. The predicted molar refractivity (Wildman–Crippen MR) is 112 cm³/mol. The van der Waals surface area contributed by atoms with Crippen molar-refractivity contribution in [2.45, 2.75) is 39.3 Å². The molecule has 24 heavy (non-hydrogen) atoms. The van der Waals surface area contributed by atoms with Gasteiger partial charge in [-0.3, -0.25) is 0 Å². The Bertz CT molecular complexity index is 767. The molecular weight excluding hydrogens is 324 g/mol. The molecule has 0 N–H and O–H groups in total. The van der Waals surface area contributed by atoms with Crippen LogP contribution >= 0.6 is 0 Å². The molecule has 0 bridgehead atoms. The number of ether oxygens (including phenoxy) is 1. The Balaban J connectivity index is 2.67. The van der Waals surface area contributed by atoms with Gasteiger partial charge in [-0.1, -0.05) is 75.5 Å². The summed E-state index contributed by atoms with van der Waals surface area (Å²) < 4.78 is 5.29. The minimum atomic E-state index is -1.47. The van der Waals surface area contributed by atoms with Crippen LogP contribution in [0.3, 0.4) is 0 Å². The summed E-state index contributed by atoms with van der Waals surface area (Å²) in [5.41, 5.74) is 7.24. The van der Waals surface area contributed by atoms with Crippen molar-refractivity contribution in [2.24, 2.45) is 0 Å². The van der Waals surface area contributed by atoms with E-state index in [-0.39, 0.29) is 0 Å². The van der Waals surface area contributed by atoms with E-state index in [4.69, 9.17) is 4.74 Å². The smallest absolute Gasteiger partial charge is 0.129 e. The van der Waals surface area contributed by atoms with Crippen molar-refractivity contribution in [3.05, 3.63) is 48.0 Å². The van der Waals surface area contributed by atoms with Gasteiger partial charge in [0.1, 0.15) is 13.8 Å². The second-order valence-electron chi connectivity index (χ2n) is 8.21. The number of benzene rings is 2. The number of hydrogen-bond donors (Lipinski definition) is 0. The van der Waals surface area contributed by atoms with Crippen LogP contribution in [0.4, 0.5) is 0 Å². The van der Waals surface area contributed by atoms with E-state index < -0.39 is 16.1 Å². The zero-order chi connectivity index (χ0) is 18.0. The monoisotopic (exact) mass is 352 g/mol. The molecule has 2 aromatic rings. The van der Waals surface area contributed by atoms with E-state index in [1.165, 1.54) is 21.9 Å². The lowest BCUT2D eigenvalue weighted by Crippen LogP contribution is -2.40. The van der Waals surface area contributed by atoms with Gasteiger partial charge in [0.15, 0.2) is 0 Å². The van der Waals surface area contributed by atoms with E-state index in [9.17, 15) is 0 Å². The molecule has 0 spiro atoms. The Kier molecular flexibility index (Phi) is 5.42. The van der Waals surface area contributed by atoms with E-state index in [1.807, 2.05) is 12.1 Å². The van der Waals surface area contributed by atoms with Gasteiger partial charge in [0.2, 0.25) is 0 Å². The van der Waals surface area contributed by atoms with E-state index in [1.54, 1.807) is 7.11 Å². The molecule has 0 radical (unpaired) electrons. The lowest BCUT2D eigenvalue weighted by atomic mass is 10.00. The fourth-order valence-corrected chi connectivity index (χ4v) is 4.62. The number of methoxy groups -OCH3 is 1. The van der Waals surface area contributed by atoms with Crippen LogP contribution in [0, 0.1) is 11.5 Å². The van der Waals surface area contributed by atoms with Crippen LogP contribution < -0.4 is 9.92 Å². The van der Waals surface area contributed by atoms with Gasteiger partial charge in [-0.15, -0.1) is 5.54 Å². The number of hydrogen-bond acceptors (Lipinski definition) is 1. The summed E-state index contributed by atoms with van der Waals surface area (Å²) in [4.78, 5) is 0. The standard InChI is InChI=1S/C21H28OSi2/c1-22-18-13-11-17(12-14-18)19-9-8-10-21(24(5,6)7)20(19)15-16-23(2,3)4/h8-14H,1-7H3. The molecule has 0 atom stereocenters. The van der Waals surface area contributed by atoms with Crippen molar-refractivity contribution in [3.63, 3.8) is 0 Å². The van der Waals surface area contributed by atoms with Crippen molar-refractivity contribution >= 4 is 21.3 Å². The van der Waals surface area contributed by atoms with Crippen molar-refractivity contribution in [2.75, 3.05) is 7.11 Å². The van der Waals surface area contributed by atoms with Gasteiger partial charge in [0.25, 0.3) is 0 Å². The topological polar surface area (TPSA) is 9.23 Å². The molecule has 2 rings (SSSR count). The second-order valence-corrected chi connectivity index (χ2v) is 18.0. The van der Waals surface area contributed by atoms with Gasteiger partial charge < -0.3 is 4.74 Å². The van der Waals surface area contributed by atoms with Gasteiger partial charge in [0.05, 0.1) is 15.2 Å². The minimum Gasteiger partial charge on any atom is -0.497 e. The first-order valence-corrected chi connectivity index (χ1v) is 15.4. The zero-order valence-electron chi connectivity index (χ0n) is 15.9.